The van der Waals surface area contributed by atoms with Crippen molar-refractivity contribution < 1.29 is 5.11 Å². The van der Waals surface area contributed by atoms with E-state index < -0.39 is 0 Å². The van der Waals surface area contributed by atoms with Gasteiger partial charge < -0.3 is 10.4 Å². The first-order chi connectivity index (χ1) is 9.78. The summed E-state index contributed by atoms with van der Waals surface area (Å²) < 4.78 is 2.64. The van der Waals surface area contributed by atoms with Crippen LogP contribution in [0.1, 0.15) is 35.1 Å². The molecule has 2 aromatic rings. The summed E-state index contributed by atoms with van der Waals surface area (Å²) in [7, 11) is 0. The Morgan fingerprint density at radius 1 is 1.50 bits per heavy atom. The molecule has 2 N–H and O–H groups in total. The molecule has 3 rings (SSSR count). The Morgan fingerprint density at radius 3 is 3.15 bits per heavy atom. The molecule has 0 spiro atoms. The fourth-order valence-corrected chi connectivity index (χ4v) is 3.61. The first kappa shape index (κ1) is 14.0. The molecule has 0 amide bonds. The van der Waals surface area contributed by atoms with Gasteiger partial charge in [-0.15, -0.1) is 11.3 Å². The zero-order valence-corrected chi connectivity index (χ0v) is 12.6. The monoisotopic (exact) mass is 312 g/mol. The van der Waals surface area contributed by atoms with Gasteiger partial charge in [0.1, 0.15) is 9.34 Å². The number of thiazole rings is 1. The standard InChI is InChI=1S/C13H17ClN4OS/c14-12-7-16-13(20-12)8-15-10-2-1-3-11-9(10)6-17-18(11)4-5-19/h6-7,10,15,19H,1-5,8H2. The van der Waals surface area contributed by atoms with Crippen molar-refractivity contribution in [3.05, 3.63) is 33.0 Å². The van der Waals surface area contributed by atoms with Crippen molar-refractivity contribution in [1.29, 1.82) is 0 Å². The third-order valence-corrected chi connectivity index (χ3v) is 4.71. The van der Waals surface area contributed by atoms with Crippen LogP contribution < -0.4 is 5.32 Å². The third-order valence-electron chi connectivity index (χ3n) is 3.60. The third kappa shape index (κ3) is 2.88. The normalized spacial score (nSPS) is 18.2. The second-order valence-electron chi connectivity index (χ2n) is 4.88. The molecule has 5 nitrogen and oxygen atoms in total. The average Bonchev–Trinajstić information content (AvgIpc) is 3.04. The second-order valence-corrected chi connectivity index (χ2v) is 6.62. The second kappa shape index (κ2) is 6.22. The predicted octanol–water partition coefficient (Wildman–Crippen LogP) is 2.15. The van der Waals surface area contributed by atoms with Gasteiger partial charge in [-0.25, -0.2) is 4.98 Å². The van der Waals surface area contributed by atoms with Crippen LogP contribution in [0, 0.1) is 0 Å². The lowest BCUT2D eigenvalue weighted by Crippen LogP contribution is -2.25. The Kier molecular flexibility index (Phi) is 4.35. The molecule has 0 fully saturated rings. The Labute approximate surface area is 126 Å². The molecule has 1 aliphatic carbocycles. The highest BCUT2D eigenvalue weighted by Crippen LogP contribution is 2.30. The summed E-state index contributed by atoms with van der Waals surface area (Å²) in [6, 6.07) is 0.314. The van der Waals surface area contributed by atoms with Crippen molar-refractivity contribution in [2.75, 3.05) is 6.61 Å². The van der Waals surface area contributed by atoms with Crippen molar-refractivity contribution in [2.24, 2.45) is 0 Å². The Morgan fingerprint density at radius 2 is 2.40 bits per heavy atom. The highest BCUT2D eigenvalue weighted by atomic mass is 35.5. The number of fused-ring (bicyclic) bond motifs is 1. The van der Waals surface area contributed by atoms with Gasteiger partial charge in [0, 0.05) is 23.8 Å². The fourth-order valence-electron chi connectivity index (χ4n) is 2.70. The number of nitrogens with one attached hydrogen (secondary N) is 1. The minimum Gasteiger partial charge on any atom is -0.394 e. The molecule has 2 aromatic heterocycles. The first-order valence-corrected chi connectivity index (χ1v) is 7.96. The summed E-state index contributed by atoms with van der Waals surface area (Å²) in [5.41, 5.74) is 2.51. The number of hydrogen-bond donors (Lipinski definition) is 2. The lowest BCUT2D eigenvalue weighted by atomic mass is 9.93. The summed E-state index contributed by atoms with van der Waals surface area (Å²) in [5.74, 6) is 0. The number of rotatable bonds is 5. The van der Waals surface area contributed by atoms with Crippen LogP contribution in [0.4, 0.5) is 0 Å². The number of aromatic nitrogens is 3. The molecule has 20 heavy (non-hydrogen) atoms. The average molecular weight is 313 g/mol. The largest absolute Gasteiger partial charge is 0.394 e. The quantitative estimate of drug-likeness (QED) is 0.888. The van der Waals surface area contributed by atoms with Gasteiger partial charge in [-0.1, -0.05) is 11.6 Å². The van der Waals surface area contributed by atoms with Gasteiger partial charge in [0.2, 0.25) is 0 Å². The maximum absolute atomic E-state index is 9.06. The lowest BCUT2D eigenvalue weighted by molar-refractivity contribution is 0.266. The molecular formula is C13H17ClN4OS. The summed E-state index contributed by atoms with van der Waals surface area (Å²) in [6.45, 7) is 1.43. The van der Waals surface area contributed by atoms with E-state index in [1.807, 2.05) is 10.9 Å². The minimum absolute atomic E-state index is 0.129. The zero-order valence-electron chi connectivity index (χ0n) is 11.0. The fraction of sp³-hybridized carbons (Fsp3) is 0.538. The molecule has 0 aromatic carbocycles. The van der Waals surface area contributed by atoms with E-state index in [2.05, 4.69) is 15.4 Å². The van der Waals surface area contributed by atoms with Gasteiger partial charge in [0.15, 0.2) is 0 Å². The molecule has 0 radical (unpaired) electrons. The zero-order chi connectivity index (χ0) is 13.9. The van der Waals surface area contributed by atoms with Gasteiger partial charge in [0.05, 0.1) is 25.5 Å². The molecule has 0 saturated carbocycles. The lowest BCUT2D eigenvalue weighted by Gasteiger charge is -2.24. The number of aliphatic hydroxyl groups excluding tert-OH is 1. The number of nitrogens with zero attached hydrogens (tertiary/aromatic N) is 3. The molecule has 7 heteroatoms. The van der Waals surface area contributed by atoms with E-state index in [0.29, 0.717) is 12.6 Å². The summed E-state index contributed by atoms with van der Waals surface area (Å²) in [6.07, 6.45) is 6.90. The van der Waals surface area contributed by atoms with Crippen LogP contribution in [0.2, 0.25) is 4.34 Å². The van der Waals surface area contributed by atoms with E-state index in [4.69, 9.17) is 16.7 Å². The van der Waals surface area contributed by atoms with E-state index in [0.717, 1.165) is 35.2 Å². The molecular weight excluding hydrogens is 296 g/mol. The molecule has 0 saturated heterocycles. The molecule has 108 valence electrons. The van der Waals surface area contributed by atoms with Gasteiger partial charge in [-0.2, -0.15) is 5.10 Å². The minimum atomic E-state index is 0.129. The van der Waals surface area contributed by atoms with E-state index >= 15 is 0 Å². The number of halogens is 1. The topological polar surface area (TPSA) is 63.0 Å². The summed E-state index contributed by atoms with van der Waals surface area (Å²) in [4.78, 5) is 4.26. The molecule has 1 aliphatic rings. The highest BCUT2D eigenvalue weighted by Gasteiger charge is 2.23. The van der Waals surface area contributed by atoms with Gasteiger partial charge in [0.25, 0.3) is 0 Å². The van der Waals surface area contributed by atoms with Crippen LogP contribution >= 0.6 is 22.9 Å². The summed E-state index contributed by atoms with van der Waals surface area (Å²) in [5, 5.41) is 18.0. The SMILES string of the molecule is OCCn1ncc2c1CCCC2NCc1ncc(Cl)s1. The van der Waals surface area contributed by atoms with E-state index in [-0.39, 0.29) is 6.61 Å². The number of hydrogen-bond acceptors (Lipinski definition) is 5. The van der Waals surface area contributed by atoms with Crippen molar-refractivity contribution in [2.45, 2.75) is 38.4 Å². The van der Waals surface area contributed by atoms with Crippen LogP contribution in [0.25, 0.3) is 0 Å². The molecule has 0 aliphatic heterocycles. The smallest absolute Gasteiger partial charge is 0.113 e. The summed E-state index contributed by atoms with van der Waals surface area (Å²) >= 11 is 7.40. The molecule has 1 unspecified atom stereocenters. The highest BCUT2D eigenvalue weighted by molar-refractivity contribution is 7.15. The molecule has 1 atom stereocenters. The van der Waals surface area contributed by atoms with Crippen molar-refractivity contribution in [3.63, 3.8) is 0 Å². The Hall–Kier alpha value is -0.950. The molecule has 2 heterocycles. The maximum atomic E-state index is 9.06. The van der Waals surface area contributed by atoms with Crippen LogP contribution in [-0.2, 0) is 19.5 Å². The van der Waals surface area contributed by atoms with E-state index in [9.17, 15) is 0 Å². The van der Waals surface area contributed by atoms with Crippen molar-refractivity contribution in [3.8, 4) is 0 Å². The van der Waals surface area contributed by atoms with Gasteiger partial charge >= 0.3 is 0 Å². The Balaban J connectivity index is 1.70. The van der Waals surface area contributed by atoms with Gasteiger partial charge in [-0.05, 0) is 19.3 Å². The molecule has 0 bridgehead atoms. The van der Waals surface area contributed by atoms with Gasteiger partial charge in [-0.3, -0.25) is 4.68 Å². The van der Waals surface area contributed by atoms with E-state index in [1.165, 1.54) is 22.6 Å². The predicted molar refractivity (Wildman–Crippen MR) is 79.0 cm³/mol. The van der Waals surface area contributed by atoms with Crippen molar-refractivity contribution in [1.82, 2.24) is 20.1 Å². The van der Waals surface area contributed by atoms with Crippen LogP contribution in [-0.4, -0.2) is 26.5 Å². The Bertz CT molecular complexity index is 583. The van der Waals surface area contributed by atoms with E-state index in [1.54, 1.807) is 6.20 Å². The van der Waals surface area contributed by atoms with Crippen LogP contribution in [0.5, 0.6) is 0 Å². The van der Waals surface area contributed by atoms with Crippen LogP contribution in [0.3, 0.4) is 0 Å². The van der Waals surface area contributed by atoms with Crippen molar-refractivity contribution >= 4 is 22.9 Å². The maximum Gasteiger partial charge on any atom is 0.113 e. The number of aliphatic hydroxyl groups is 1. The van der Waals surface area contributed by atoms with Crippen LogP contribution in [0.15, 0.2) is 12.4 Å². The first-order valence-electron chi connectivity index (χ1n) is 6.77.